The van der Waals surface area contributed by atoms with Gasteiger partial charge in [-0.15, -0.1) is 0 Å². The normalized spacial score (nSPS) is 11.4. The topological polar surface area (TPSA) is 72.3 Å². The number of rotatable bonds is 5. The summed E-state index contributed by atoms with van der Waals surface area (Å²) in [7, 11) is 0. The number of benzene rings is 7. The molecule has 6 heteroatoms. The Morgan fingerprint density at radius 2 is 1.00 bits per heavy atom. The Labute approximate surface area is 299 Å². The van der Waals surface area contributed by atoms with E-state index >= 15 is 0 Å². The van der Waals surface area contributed by atoms with Crippen LogP contribution < -0.4 is 0 Å². The lowest BCUT2D eigenvalue weighted by Crippen LogP contribution is -2.04. The minimum Gasteiger partial charge on any atom is -0.309 e. The zero-order chi connectivity index (χ0) is 34.6. The van der Waals surface area contributed by atoms with E-state index in [1.165, 1.54) is 10.8 Å². The highest BCUT2D eigenvalue weighted by Gasteiger charge is 2.23. The highest BCUT2D eigenvalue weighted by Crippen LogP contribution is 2.43. The monoisotopic (exact) mass is 664 g/mol. The van der Waals surface area contributed by atoms with Crippen LogP contribution in [0.5, 0.6) is 0 Å². The first-order valence-electron chi connectivity index (χ1n) is 17.2. The summed E-state index contributed by atoms with van der Waals surface area (Å²) in [5, 5.41) is 14.8. The van der Waals surface area contributed by atoms with E-state index in [1.807, 2.05) is 78.9 Å². The maximum Gasteiger partial charge on any atom is 0.166 e. The summed E-state index contributed by atoms with van der Waals surface area (Å²) in [6.07, 6.45) is 0. The van der Waals surface area contributed by atoms with Crippen LogP contribution in [0.3, 0.4) is 0 Å². The molecule has 0 saturated carbocycles. The number of para-hydroxylation sites is 3. The minimum absolute atomic E-state index is 0.526. The molecule has 10 rings (SSSR count). The van der Waals surface area contributed by atoms with Crippen LogP contribution in [0.1, 0.15) is 5.56 Å². The van der Waals surface area contributed by atoms with E-state index in [0.29, 0.717) is 23.0 Å². The fraction of sp³-hybridized carbons (Fsp3) is 0. The molecular formula is C46H28N6. The van der Waals surface area contributed by atoms with Crippen LogP contribution in [-0.4, -0.2) is 24.1 Å². The summed E-state index contributed by atoms with van der Waals surface area (Å²) in [6, 6.07) is 60.2. The summed E-state index contributed by atoms with van der Waals surface area (Å²) >= 11 is 0. The van der Waals surface area contributed by atoms with Gasteiger partial charge < -0.3 is 9.13 Å². The summed E-state index contributed by atoms with van der Waals surface area (Å²) in [4.78, 5) is 15.1. The summed E-state index contributed by atoms with van der Waals surface area (Å²) in [5.74, 6) is 1.68. The van der Waals surface area contributed by atoms with Gasteiger partial charge in [0.1, 0.15) is 0 Å². The molecule has 0 bridgehead atoms. The van der Waals surface area contributed by atoms with Crippen molar-refractivity contribution in [1.82, 2.24) is 24.1 Å². The van der Waals surface area contributed by atoms with Gasteiger partial charge in [-0.05, 0) is 48.5 Å². The molecule has 0 atom stereocenters. The first-order chi connectivity index (χ1) is 25.8. The number of nitrogens with zero attached hydrogens (tertiary/aromatic N) is 6. The van der Waals surface area contributed by atoms with E-state index < -0.39 is 0 Å². The van der Waals surface area contributed by atoms with Crippen molar-refractivity contribution in [3.8, 4) is 51.6 Å². The zero-order valence-electron chi connectivity index (χ0n) is 27.8. The van der Waals surface area contributed by atoms with Gasteiger partial charge >= 0.3 is 0 Å². The summed E-state index contributed by atoms with van der Waals surface area (Å²) < 4.78 is 4.64. The molecule has 0 radical (unpaired) electrons. The number of aromatic nitrogens is 5. The molecule has 10 aromatic rings. The smallest absolute Gasteiger partial charge is 0.166 e. The Hall–Kier alpha value is -7.36. The van der Waals surface area contributed by atoms with E-state index in [-0.39, 0.29) is 0 Å². The zero-order valence-corrected chi connectivity index (χ0v) is 27.8. The van der Waals surface area contributed by atoms with Crippen LogP contribution in [0.15, 0.2) is 170 Å². The third-order valence-electron chi connectivity index (χ3n) is 9.79. The highest BCUT2D eigenvalue weighted by molar-refractivity contribution is 6.26. The summed E-state index contributed by atoms with van der Waals surface area (Å²) in [6.45, 7) is 0. The average Bonchev–Trinajstić information content (AvgIpc) is 3.74. The van der Waals surface area contributed by atoms with E-state index in [9.17, 15) is 5.26 Å². The molecule has 0 fully saturated rings. The number of hydrogen-bond acceptors (Lipinski definition) is 4. The maximum absolute atomic E-state index is 10.2. The van der Waals surface area contributed by atoms with Gasteiger partial charge in [-0.1, -0.05) is 121 Å². The van der Waals surface area contributed by atoms with E-state index in [0.717, 1.165) is 60.9 Å². The Morgan fingerprint density at radius 3 is 1.65 bits per heavy atom. The Morgan fingerprint density at radius 1 is 0.442 bits per heavy atom. The van der Waals surface area contributed by atoms with Crippen LogP contribution in [0.2, 0.25) is 0 Å². The van der Waals surface area contributed by atoms with E-state index in [4.69, 9.17) is 15.0 Å². The second kappa shape index (κ2) is 11.9. The molecule has 7 aromatic carbocycles. The van der Waals surface area contributed by atoms with Gasteiger partial charge in [0.2, 0.25) is 0 Å². The standard InChI is InChI=1S/C46H28N6/c47-29-30-24-25-37(46-49-44(31-14-4-1-5-15-31)48-45(50-46)32-16-6-2-7-17-32)41(28-30)52-39-23-13-11-21-36(39)42-40(52)27-26-35-34-20-10-12-22-38(34)51(43(35)42)33-18-8-3-9-19-33/h1-28H. The van der Waals surface area contributed by atoms with E-state index in [2.05, 4.69) is 106 Å². The maximum atomic E-state index is 10.2. The molecule has 0 amide bonds. The van der Waals surface area contributed by atoms with Crippen molar-refractivity contribution in [1.29, 1.82) is 5.26 Å². The predicted octanol–water partition coefficient (Wildman–Crippen LogP) is 10.9. The van der Waals surface area contributed by atoms with Crippen LogP contribution in [0.25, 0.3) is 89.2 Å². The lowest BCUT2D eigenvalue weighted by Gasteiger charge is -2.15. The molecule has 0 unspecified atom stereocenters. The third-order valence-corrected chi connectivity index (χ3v) is 9.79. The van der Waals surface area contributed by atoms with Gasteiger partial charge in [-0.3, -0.25) is 0 Å². The van der Waals surface area contributed by atoms with Crippen molar-refractivity contribution < 1.29 is 0 Å². The SMILES string of the molecule is N#Cc1ccc(-c2nc(-c3ccccc3)nc(-c3ccccc3)n2)c(-n2c3ccccc3c3c2ccc2c4ccccc4n(-c4ccccc4)c23)c1. The molecule has 6 nitrogen and oxygen atoms in total. The molecule has 3 heterocycles. The third kappa shape index (κ3) is 4.61. The molecule has 0 N–H and O–H groups in total. The molecule has 0 aliphatic carbocycles. The van der Waals surface area contributed by atoms with Crippen molar-refractivity contribution in [3.05, 3.63) is 175 Å². The second-order valence-electron chi connectivity index (χ2n) is 12.8. The van der Waals surface area contributed by atoms with Crippen LogP contribution in [-0.2, 0) is 0 Å². The molecule has 52 heavy (non-hydrogen) atoms. The number of fused-ring (bicyclic) bond motifs is 7. The lowest BCUT2D eigenvalue weighted by atomic mass is 10.1. The van der Waals surface area contributed by atoms with Crippen molar-refractivity contribution >= 4 is 43.6 Å². The largest absolute Gasteiger partial charge is 0.309 e. The molecule has 3 aromatic heterocycles. The van der Waals surface area contributed by atoms with Gasteiger partial charge in [0.05, 0.1) is 39.4 Å². The number of nitriles is 1. The molecule has 242 valence electrons. The average molecular weight is 665 g/mol. The first-order valence-corrected chi connectivity index (χ1v) is 17.2. The van der Waals surface area contributed by atoms with Crippen LogP contribution in [0.4, 0.5) is 0 Å². The fourth-order valence-electron chi connectivity index (χ4n) is 7.52. The molecule has 0 spiro atoms. The summed E-state index contributed by atoms with van der Waals surface area (Å²) in [5.41, 5.74) is 9.36. The minimum atomic E-state index is 0.526. The van der Waals surface area contributed by atoms with Gasteiger partial charge in [0.25, 0.3) is 0 Å². The molecule has 0 saturated heterocycles. The quantitative estimate of drug-likeness (QED) is 0.184. The van der Waals surface area contributed by atoms with Crippen molar-refractivity contribution in [2.75, 3.05) is 0 Å². The molecular weight excluding hydrogens is 637 g/mol. The Balaban J connectivity index is 1.32. The molecule has 0 aliphatic rings. The second-order valence-corrected chi connectivity index (χ2v) is 12.8. The molecule has 0 aliphatic heterocycles. The fourth-order valence-corrected chi connectivity index (χ4v) is 7.52. The van der Waals surface area contributed by atoms with Crippen molar-refractivity contribution in [3.63, 3.8) is 0 Å². The van der Waals surface area contributed by atoms with E-state index in [1.54, 1.807) is 0 Å². The van der Waals surface area contributed by atoms with Crippen molar-refractivity contribution in [2.45, 2.75) is 0 Å². The Kier molecular flexibility index (Phi) is 6.76. The van der Waals surface area contributed by atoms with Gasteiger partial charge in [0, 0.05) is 43.9 Å². The number of hydrogen-bond donors (Lipinski definition) is 0. The highest BCUT2D eigenvalue weighted by atomic mass is 15.1. The van der Waals surface area contributed by atoms with Gasteiger partial charge in [0.15, 0.2) is 17.5 Å². The van der Waals surface area contributed by atoms with Gasteiger partial charge in [-0.2, -0.15) is 5.26 Å². The van der Waals surface area contributed by atoms with Crippen molar-refractivity contribution in [2.24, 2.45) is 0 Å². The van der Waals surface area contributed by atoms with Crippen LogP contribution >= 0.6 is 0 Å². The van der Waals surface area contributed by atoms with Crippen LogP contribution in [0, 0.1) is 11.3 Å². The van der Waals surface area contributed by atoms with Gasteiger partial charge in [-0.25, -0.2) is 15.0 Å². The Bertz CT molecular complexity index is 2950. The predicted molar refractivity (Wildman–Crippen MR) is 210 cm³/mol. The first kappa shape index (κ1) is 29.5. The lowest BCUT2D eigenvalue weighted by molar-refractivity contribution is 1.06.